The zero-order valence-corrected chi connectivity index (χ0v) is 20.3. The van der Waals surface area contributed by atoms with Crippen molar-refractivity contribution in [2.45, 2.75) is 37.5 Å². The highest BCUT2D eigenvalue weighted by atomic mass is 32.2. The summed E-state index contributed by atoms with van der Waals surface area (Å²) in [6, 6.07) is 26.2. The van der Waals surface area contributed by atoms with E-state index >= 15 is 0 Å². The fourth-order valence-corrected chi connectivity index (χ4v) is 5.70. The van der Waals surface area contributed by atoms with Crippen LogP contribution in [-0.2, 0) is 10.0 Å². The average Bonchev–Trinajstić information content (AvgIpc) is 3.74. The van der Waals surface area contributed by atoms with Crippen molar-refractivity contribution in [3.8, 4) is 11.3 Å². The van der Waals surface area contributed by atoms with E-state index in [1.165, 1.54) is 0 Å². The van der Waals surface area contributed by atoms with Crippen LogP contribution in [0.1, 0.15) is 48.1 Å². The number of aromatic nitrogens is 1. The van der Waals surface area contributed by atoms with Crippen LogP contribution in [0.5, 0.6) is 0 Å². The van der Waals surface area contributed by atoms with Crippen LogP contribution in [0, 0.1) is 0 Å². The number of benzene rings is 3. The van der Waals surface area contributed by atoms with Crippen molar-refractivity contribution in [2.24, 2.45) is 0 Å². The van der Waals surface area contributed by atoms with Gasteiger partial charge >= 0.3 is 0 Å². The number of carbonyl (C=O) groups is 1. The molecule has 1 heterocycles. The van der Waals surface area contributed by atoms with Crippen LogP contribution in [0.2, 0.25) is 0 Å². The molecular formula is C28H27N3O3S. The van der Waals surface area contributed by atoms with Crippen LogP contribution in [0.3, 0.4) is 0 Å². The third-order valence-corrected chi connectivity index (χ3v) is 8.13. The highest BCUT2D eigenvalue weighted by molar-refractivity contribution is 7.93. The molecule has 1 atom stereocenters. The number of anilines is 1. The predicted octanol–water partition coefficient (Wildman–Crippen LogP) is 5.69. The first-order chi connectivity index (χ1) is 17.0. The molecule has 1 aliphatic rings. The topological polar surface area (TPSA) is 88.2 Å². The first-order valence-corrected chi connectivity index (χ1v) is 13.4. The van der Waals surface area contributed by atoms with Crippen LogP contribution in [0.25, 0.3) is 22.2 Å². The standard InChI is InChI=1S/C28H27N3O3S/c1-2-23(19-11-5-3-6-12-19)30-28(32)25-22-15-9-10-16-24(22)29-26(20-13-7-4-8-14-20)27(25)31-35(33,34)21-17-18-21/h3-16,21,23,31H,2,17-18H2,1H3,(H,30,32). The van der Waals surface area contributed by atoms with Gasteiger partial charge in [-0.1, -0.05) is 85.8 Å². The summed E-state index contributed by atoms with van der Waals surface area (Å²) in [6.45, 7) is 2.01. The third-order valence-electron chi connectivity index (χ3n) is 6.29. The second-order valence-electron chi connectivity index (χ2n) is 8.78. The van der Waals surface area contributed by atoms with Crippen molar-refractivity contribution in [3.05, 3.63) is 96.1 Å². The van der Waals surface area contributed by atoms with Crippen LogP contribution in [0.4, 0.5) is 5.69 Å². The number of fused-ring (bicyclic) bond motifs is 1. The van der Waals surface area contributed by atoms with Crippen LogP contribution in [-0.4, -0.2) is 24.6 Å². The third kappa shape index (κ3) is 4.77. The lowest BCUT2D eigenvalue weighted by Gasteiger charge is -2.22. The molecule has 3 aromatic carbocycles. The number of amides is 1. The van der Waals surface area contributed by atoms with E-state index in [1.807, 2.05) is 91.9 Å². The van der Waals surface area contributed by atoms with E-state index in [4.69, 9.17) is 4.98 Å². The summed E-state index contributed by atoms with van der Waals surface area (Å²) in [4.78, 5) is 18.7. The van der Waals surface area contributed by atoms with Gasteiger partial charge in [0.2, 0.25) is 10.0 Å². The fourth-order valence-electron chi connectivity index (χ4n) is 4.29. The highest BCUT2D eigenvalue weighted by Crippen LogP contribution is 2.38. The second kappa shape index (κ2) is 9.50. The molecule has 2 N–H and O–H groups in total. The van der Waals surface area contributed by atoms with Gasteiger partial charge in [0, 0.05) is 10.9 Å². The molecule has 7 heteroatoms. The summed E-state index contributed by atoms with van der Waals surface area (Å²) >= 11 is 0. The number of para-hydroxylation sites is 1. The van der Waals surface area contributed by atoms with Crippen molar-refractivity contribution in [3.63, 3.8) is 0 Å². The monoisotopic (exact) mass is 485 g/mol. The Morgan fingerprint density at radius 3 is 2.23 bits per heavy atom. The van der Waals surface area contributed by atoms with Crippen molar-refractivity contribution in [1.29, 1.82) is 0 Å². The lowest BCUT2D eigenvalue weighted by molar-refractivity contribution is 0.0938. The summed E-state index contributed by atoms with van der Waals surface area (Å²) < 4.78 is 28.9. The molecule has 35 heavy (non-hydrogen) atoms. The molecule has 0 aliphatic heterocycles. The molecule has 5 rings (SSSR count). The molecule has 0 bridgehead atoms. The molecule has 1 unspecified atom stereocenters. The minimum absolute atomic E-state index is 0.219. The maximum Gasteiger partial charge on any atom is 0.254 e. The number of hydrogen-bond donors (Lipinski definition) is 2. The van der Waals surface area contributed by atoms with Gasteiger partial charge in [-0.25, -0.2) is 13.4 Å². The van der Waals surface area contributed by atoms with E-state index < -0.39 is 15.3 Å². The zero-order valence-electron chi connectivity index (χ0n) is 19.4. The molecule has 6 nitrogen and oxygen atoms in total. The molecular weight excluding hydrogens is 458 g/mol. The number of sulfonamides is 1. The molecule has 0 radical (unpaired) electrons. The molecule has 1 aliphatic carbocycles. The van der Waals surface area contributed by atoms with Crippen molar-refractivity contribution < 1.29 is 13.2 Å². The Labute approximate surface area is 205 Å². The van der Waals surface area contributed by atoms with E-state index in [2.05, 4.69) is 10.0 Å². The second-order valence-corrected chi connectivity index (χ2v) is 10.7. The lowest BCUT2D eigenvalue weighted by Crippen LogP contribution is -2.30. The largest absolute Gasteiger partial charge is 0.345 e. The van der Waals surface area contributed by atoms with Crippen molar-refractivity contribution in [1.82, 2.24) is 10.3 Å². The van der Waals surface area contributed by atoms with Gasteiger partial charge in [0.15, 0.2) is 0 Å². The Morgan fingerprint density at radius 2 is 1.57 bits per heavy atom. The van der Waals surface area contributed by atoms with Gasteiger partial charge in [0.1, 0.15) is 0 Å². The molecule has 0 spiro atoms. The van der Waals surface area contributed by atoms with Gasteiger partial charge in [0.05, 0.1) is 33.8 Å². The zero-order chi connectivity index (χ0) is 24.4. The van der Waals surface area contributed by atoms with Gasteiger partial charge in [-0.05, 0) is 30.9 Å². The summed E-state index contributed by atoms with van der Waals surface area (Å²) in [6.07, 6.45) is 1.92. The number of hydrogen-bond acceptors (Lipinski definition) is 4. The van der Waals surface area contributed by atoms with E-state index in [9.17, 15) is 13.2 Å². The maximum absolute atomic E-state index is 13.9. The number of nitrogens with one attached hydrogen (secondary N) is 2. The van der Waals surface area contributed by atoms with E-state index in [1.54, 1.807) is 0 Å². The Hall–Kier alpha value is -3.71. The normalized spacial score (nSPS) is 14.4. The number of carbonyl (C=O) groups excluding carboxylic acids is 1. The first kappa shape index (κ1) is 23.1. The molecule has 1 amide bonds. The quantitative estimate of drug-likeness (QED) is 0.336. The van der Waals surface area contributed by atoms with Gasteiger partial charge in [0.25, 0.3) is 5.91 Å². The van der Waals surface area contributed by atoms with Gasteiger partial charge in [-0.2, -0.15) is 0 Å². The van der Waals surface area contributed by atoms with E-state index in [-0.39, 0.29) is 23.2 Å². The maximum atomic E-state index is 13.9. The summed E-state index contributed by atoms with van der Waals surface area (Å²) in [5.41, 5.74) is 3.29. The molecule has 1 saturated carbocycles. The predicted molar refractivity (Wildman–Crippen MR) is 140 cm³/mol. The number of nitrogens with zero attached hydrogens (tertiary/aromatic N) is 1. The molecule has 1 aromatic heterocycles. The summed E-state index contributed by atoms with van der Waals surface area (Å²) in [5, 5.41) is 3.29. The minimum Gasteiger partial charge on any atom is -0.345 e. The summed E-state index contributed by atoms with van der Waals surface area (Å²) in [5.74, 6) is -0.343. The Kier molecular flexibility index (Phi) is 6.26. The van der Waals surface area contributed by atoms with Crippen molar-refractivity contribution in [2.75, 3.05) is 4.72 Å². The fraction of sp³-hybridized carbons (Fsp3) is 0.214. The van der Waals surface area contributed by atoms with Crippen LogP contribution >= 0.6 is 0 Å². The van der Waals surface area contributed by atoms with Gasteiger partial charge in [-0.3, -0.25) is 9.52 Å². The Bertz CT molecular complexity index is 1470. The van der Waals surface area contributed by atoms with E-state index in [0.29, 0.717) is 35.9 Å². The van der Waals surface area contributed by atoms with Crippen LogP contribution < -0.4 is 10.0 Å². The van der Waals surface area contributed by atoms with E-state index in [0.717, 1.165) is 11.1 Å². The first-order valence-electron chi connectivity index (χ1n) is 11.8. The summed E-state index contributed by atoms with van der Waals surface area (Å²) in [7, 11) is -3.65. The van der Waals surface area contributed by atoms with Gasteiger partial charge in [-0.15, -0.1) is 0 Å². The SMILES string of the molecule is CCC(NC(=O)c1c(NS(=O)(=O)C2CC2)c(-c2ccccc2)nc2ccccc12)c1ccccc1. The highest BCUT2D eigenvalue weighted by Gasteiger charge is 2.37. The number of rotatable bonds is 8. The van der Waals surface area contributed by atoms with Crippen LogP contribution in [0.15, 0.2) is 84.9 Å². The minimum atomic E-state index is -3.65. The smallest absolute Gasteiger partial charge is 0.254 e. The molecule has 1 fully saturated rings. The molecule has 0 saturated heterocycles. The lowest BCUT2D eigenvalue weighted by atomic mass is 9.99. The van der Waals surface area contributed by atoms with Crippen molar-refractivity contribution >= 4 is 32.5 Å². The molecule has 178 valence electrons. The van der Waals surface area contributed by atoms with Gasteiger partial charge < -0.3 is 5.32 Å². The average molecular weight is 486 g/mol. The number of pyridine rings is 1. The Balaban J connectivity index is 1.70. The Morgan fingerprint density at radius 1 is 0.943 bits per heavy atom. The molecule has 4 aromatic rings.